The van der Waals surface area contributed by atoms with Crippen molar-refractivity contribution in [2.45, 2.75) is 65.8 Å². The van der Waals surface area contributed by atoms with Crippen molar-refractivity contribution in [1.82, 2.24) is 4.90 Å². The van der Waals surface area contributed by atoms with Crippen molar-refractivity contribution in [3.8, 4) is 0 Å². The number of carbonyl (C=O) groups excluding carboxylic acids is 1. The van der Waals surface area contributed by atoms with Gasteiger partial charge >= 0.3 is 7.12 Å². The standard InChI is InChI=1S/C24H26N2O.C8H11BO2.C3H8/c1-17-8-9-22-21(14-17)6-3-7-23(22)24(27)26-12-10-19(11-13-26)20-5-2-4-18(15-20)16-25;1-2-7-5-3-4-6-8(7)9(10)11;1-3-2/h2-9,14-15,19H,10-13,16,25H2,1H3;3-6,10-11H,2H2,1H3;3H2,1-2H3. The van der Waals surface area contributed by atoms with E-state index < -0.39 is 7.12 Å². The lowest BCUT2D eigenvalue weighted by atomic mass is 9.76. The molecule has 0 aromatic heterocycles. The molecule has 6 heteroatoms. The molecule has 5 nitrogen and oxygen atoms in total. The molecule has 4 aromatic carbocycles. The molecule has 0 aliphatic carbocycles. The summed E-state index contributed by atoms with van der Waals surface area (Å²) >= 11 is 0. The lowest BCUT2D eigenvalue weighted by Gasteiger charge is -2.32. The zero-order chi connectivity index (χ0) is 29.8. The lowest BCUT2D eigenvalue weighted by Crippen LogP contribution is -2.38. The third kappa shape index (κ3) is 8.77. The molecule has 0 atom stereocenters. The predicted octanol–water partition coefficient (Wildman–Crippen LogP) is 5.97. The van der Waals surface area contributed by atoms with Gasteiger partial charge in [-0.25, -0.2) is 0 Å². The van der Waals surface area contributed by atoms with Gasteiger partial charge in [0.2, 0.25) is 0 Å². The molecule has 0 saturated carbocycles. The number of rotatable bonds is 5. The van der Waals surface area contributed by atoms with Crippen LogP contribution in [-0.4, -0.2) is 41.1 Å². The SMILES string of the molecule is CCC.CCc1ccccc1B(O)O.Cc1ccc2c(C(=O)N3CCC(c4cccc(CN)c4)CC3)cccc2c1. The molecule has 0 radical (unpaired) electrons. The average Bonchev–Trinajstić information content (AvgIpc) is 3.01. The van der Waals surface area contributed by atoms with E-state index in [1.165, 1.54) is 23.1 Å². The fourth-order valence-corrected chi connectivity index (χ4v) is 5.26. The molecule has 1 amide bonds. The van der Waals surface area contributed by atoms with E-state index in [0.29, 0.717) is 17.9 Å². The molecule has 41 heavy (non-hydrogen) atoms. The van der Waals surface area contributed by atoms with Crippen molar-refractivity contribution in [2.75, 3.05) is 13.1 Å². The van der Waals surface area contributed by atoms with Crippen LogP contribution in [0.5, 0.6) is 0 Å². The summed E-state index contributed by atoms with van der Waals surface area (Å²) in [6.45, 7) is 10.5. The van der Waals surface area contributed by atoms with Gasteiger partial charge in [-0.15, -0.1) is 0 Å². The first-order valence-electron chi connectivity index (χ1n) is 14.8. The maximum absolute atomic E-state index is 13.2. The maximum Gasteiger partial charge on any atom is 0.488 e. The minimum absolute atomic E-state index is 0.151. The van der Waals surface area contributed by atoms with Gasteiger partial charge in [-0.2, -0.15) is 0 Å². The second-order valence-electron chi connectivity index (χ2n) is 10.7. The molecule has 1 saturated heterocycles. The quantitative estimate of drug-likeness (QED) is 0.266. The number of likely N-dealkylation sites (tertiary alicyclic amines) is 1. The number of nitrogens with zero attached hydrogens (tertiary/aromatic N) is 1. The van der Waals surface area contributed by atoms with Gasteiger partial charge in [0.05, 0.1) is 0 Å². The molecule has 1 aliphatic rings. The number of carbonyl (C=O) groups is 1. The zero-order valence-corrected chi connectivity index (χ0v) is 25.0. The molecule has 1 heterocycles. The molecule has 0 bridgehead atoms. The number of aryl methyl sites for hydroxylation is 2. The van der Waals surface area contributed by atoms with Crippen LogP contribution in [0.2, 0.25) is 0 Å². The Morgan fingerprint density at radius 1 is 0.902 bits per heavy atom. The monoisotopic (exact) mass is 552 g/mol. The van der Waals surface area contributed by atoms with E-state index in [1.54, 1.807) is 12.1 Å². The third-order valence-corrected chi connectivity index (χ3v) is 7.42. The molecular weight excluding hydrogens is 507 g/mol. The highest BCUT2D eigenvalue weighted by Crippen LogP contribution is 2.30. The minimum atomic E-state index is -1.34. The number of fused-ring (bicyclic) bond motifs is 1. The molecule has 4 aromatic rings. The number of benzene rings is 4. The number of hydrogen-bond acceptors (Lipinski definition) is 4. The second kappa shape index (κ2) is 16.1. The van der Waals surface area contributed by atoms with E-state index in [0.717, 1.165) is 54.3 Å². The lowest BCUT2D eigenvalue weighted by molar-refractivity contribution is 0.0715. The fraction of sp³-hybridized carbons (Fsp3) is 0.343. The van der Waals surface area contributed by atoms with Crippen molar-refractivity contribution < 1.29 is 14.8 Å². The molecule has 1 aliphatic heterocycles. The van der Waals surface area contributed by atoms with Gasteiger partial charge in [-0.3, -0.25) is 4.79 Å². The first-order valence-corrected chi connectivity index (χ1v) is 14.8. The van der Waals surface area contributed by atoms with Crippen molar-refractivity contribution in [1.29, 1.82) is 0 Å². The van der Waals surface area contributed by atoms with Crippen LogP contribution in [0.4, 0.5) is 0 Å². The Bertz CT molecular complexity index is 1400. The van der Waals surface area contributed by atoms with Gasteiger partial charge in [-0.05, 0) is 71.1 Å². The summed E-state index contributed by atoms with van der Waals surface area (Å²) in [4.78, 5) is 15.2. The van der Waals surface area contributed by atoms with Crippen LogP contribution in [0, 0.1) is 6.92 Å². The highest BCUT2D eigenvalue weighted by Gasteiger charge is 2.25. The third-order valence-electron chi connectivity index (χ3n) is 7.42. The summed E-state index contributed by atoms with van der Waals surface area (Å²) in [6, 6.07) is 28.2. The van der Waals surface area contributed by atoms with Gasteiger partial charge in [0, 0.05) is 25.2 Å². The number of nitrogens with two attached hydrogens (primary N) is 1. The van der Waals surface area contributed by atoms with Crippen LogP contribution in [0.15, 0.2) is 84.9 Å². The van der Waals surface area contributed by atoms with E-state index in [4.69, 9.17) is 15.8 Å². The predicted molar refractivity (Wildman–Crippen MR) is 173 cm³/mol. The van der Waals surface area contributed by atoms with Crippen molar-refractivity contribution in [3.05, 3.63) is 113 Å². The first kappa shape index (κ1) is 32.1. The highest BCUT2D eigenvalue weighted by atomic mass is 16.4. The molecule has 1 fully saturated rings. The van der Waals surface area contributed by atoms with Crippen LogP contribution < -0.4 is 11.2 Å². The Labute approximate surface area is 246 Å². The number of piperidine rings is 1. The summed E-state index contributed by atoms with van der Waals surface area (Å²) in [7, 11) is -1.34. The fourth-order valence-electron chi connectivity index (χ4n) is 5.26. The van der Waals surface area contributed by atoms with Crippen LogP contribution in [0.25, 0.3) is 10.8 Å². The molecule has 0 spiro atoms. The van der Waals surface area contributed by atoms with Gasteiger partial charge in [0.1, 0.15) is 0 Å². The van der Waals surface area contributed by atoms with E-state index in [2.05, 4.69) is 69.3 Å². The Balaban J connectivity index is 0.000000275. The summed E-state index contributed by atoms with van der Waals surface area (Å²) in [5.74, 6) is 0.661. The van der Waals surface area contributed by atoms with Gasteiger partial charge in [-0.1, -0.05) is 112 Å². The van der Waals surface area contributed by atoms with Crippen LogP contribution >= 0.6 is 0 Å². The maximum atomic E-state index is 13.2. The Morgan fingerprint density at radius 3 is 2.22 bits per heavy atom. The summed E-state index contributed by atoms with van der Waals surface area (Å²) < 4.78 is 0. The van der Waals surface area contributed by atoms with Crippen LogP contribution in [0.3, 0.4) is 0 Å². The van der Waals surface area contributed by atoms with E-state index in [1.807, 2.05) is 36.1 Å². The second-order valence-corrected chi connectivity index (χ2v) is 10.7. The minimum Gasteiger partial charge on any atom is -0.423 e. The van der Waals surface area contributed by atoms with E-state index in [9.17, 15) is 4.79 Å². The Morgan fingerprint density at radius 2 is 1.59 bits per heavy atom. The molecular formula is C35H45BN2O3. The van der Waals surface area contributed by atoms with Crippen molar-refractivity contribution in [2.24, 2.45) is 5.73 Å². The first-order chi connectivity index (χ1) is 19.8. The van der Waals surface area contributed by atoms with Gasteiger partial charge in [0.15, 0.2) is 0 Å². The zero-order valence-electron chi connectivity index (χ0n) is 25.0. The average molecular weight is 553 g/mol. The number of hydrogen-bond donors (Lipinski definition) is 3. The van der Waals surface area contributed by atoms with Crippen LogP contribution in [0.1, 0.15) is 78.6 Å². The van der Waals surface area contributed by atoms with Crippen molar-refractivity contribution >= 4 is 29.3 Å². The smallest absolute Gasteiger partial charge is 0.423 e. The highest BCUT2D eigenvalue weighted by molar-refractivity contribution is 6.59. The Hall–Kier alpha value is -3.45. The van der Waals surface area contributed by atoms with Gasteiger partial charge < -0.3 is 20.7 Å². The summed E-state index contributed by atoms with van der Waals surface area (Å²) in [5.41, 5.74) is 11.9. The Kier molecular flexibility index (Phi) is 12.6. The number of amides is 1. The normalized spacial score (nSPS) is 13.1. The van der Waals surface area contributed by atoms with E-state index in [-0.39, 0.29) is 5.91 Å². The summed E-state index contributed by atoms with van der Waals surface area (Å²) in [6.07, 6.45) is 4.08. The molecule has 216 valence electrons. The molecule has 5 rings (SSSR count). The van der Waals surface area contributed by atoms with Crippen LogP contribution in [-0.2, 0) is 13.0 Å². The topological polar surface area (TPSA) is 86.8 Å². The largest absolute Gasteiger partial charge is 0.488 e. The summed E-state index contributed by atoms with van der Waals surface area (Å²) in [5, 5.41) is 20.0. The molecule has 4 N–H and O–H groups in total. The van der Waals surface area contributed by atoms with Crippen molar-refractivity contribution in [3.63, 3.8) is 0 Å². The molecule has 0 unspecified atom stereocenters. The van der Waals surface area contributed by atoms with E-state index >= 15 is 0 Å². The van der Waals surface area contributed by atoms with Gasteiger partial charge in [0.25, 0.3) is 5.91 Å².